The SMILES string of the molecule is C=CCOc1c(-c2ccccc2)cc(C)cc1[Si](C)(C)C1C2=CC=CCC2CC1CCCC. The Hall–Kier alpha value is -2.32. The fourth-order valence-corrected chi connectivity index (χ4v) is 10.7. The van der Waals surface area contributed by atoms with Gasteiger partial charge in [-0.3, -0.25) is 0 Å². The summed E-state index contributed by atoms with van der Waals surface area (Å²) in [5.41, 5.74) is 6.19. The smallest absolute Gasteiger partial charge is 0.126 e. The van der Waals surface area contributed by atoms with Crippen molar-refractivity contribution >= 4 is 13.3 Å². The first kappa shape index (κ1) is 23.8. The summed E-state index contributed by atoms with van der Waals surface area (Å²) >= 11 is 0. The zero-order chi connectivity index (χ0) is 23.4. The van der Waals surface area contributed by atoms with E-state index in [-0.39, 0.29) is 0 Å². The molecule has 2 heteroatoms. The zero-order valence-electron chi connectivity index (χ0n) is 20.9. The van der Waals surface area contributed by atoms with Crippen LogP contribution in [0.1, 0.15) is 44.6 Å². The molecule has 0 radical (unpaired) electrons. The van der Waals surface area contributed by atoms with Gasteiger partial charge in [-0.25, -0.2) is 0 Å². The van der Waals surface area contributed by atoms with E-state index < -0.39 is 8.07 Å². The zero-order valence-corrected chi connectivity index (χ0v) is 21.9. The molecule has 1 saturated carbocycles. The lowest BCUT2D eigenvalue weighted by Gasteiger charge is -2.38. The summed E-state index contributed by atoms with van der Waals surface area (Å²) < 4.78 is 6.51. The molecule has 0 amide bonds. The third-order valence-corrected chi connectivity index (χ3v) is 11.9. The van der Waals surface area contributed by atoms with E-state index in [0.29, 0.717) is 12.1 Å². The van der Waals surface area contributed by atoms with E-state index in [2.05, 4.69) is 94.2 Å². The van der Waals surface area contributed by atoms with Crippen molar-refractivity contribution in [2.24, 2.45) is 11.8 Å². The van der Waals surface area contributed by atoms with Crippen LogP contribution in [0.4, 0.5) is 0 Å². The maximum absolute atomic E-state index is 6.51. The molecule has 174 valence electrons. The predicted octanol–water partition coefficient (Wildman–Crippen LogP) is 8.23. The summed E-state index contributed by atoms with van der Waals surface area (Å²) in [6.07, 6.45) is 15.6. The molecule has 0 N–H and O–H groups in total. The van der Waals surface area contributed by atoms with Crippen LogP contribution in [0.3, 0.4) is 0 Å². The Kier molecular flexibility index (Phi) is 7.44. The van der Waals surface area contributed by atoms with Crippen molar-refractivity contribution in [3.63, 3.8) is 0 Å². The largest absolute Gasteiger partial charge is 0.489 e. The van der Waals surface area contributed by atoms with Crippen molar-refractivity contribution in [1.82, 2.24) is 0 Å². The van der Waals surface area contributed by atoms with E-state index in [4.69, 9.17) is 4.74 Å². The molecule has 2 aliphatic carbocycles. The molecule has 0 bridgehead atoms. The van der Waals surface area contributed by atoms with Crippen molar-refractivity contribution in [2.75, 3.05) is 6.61 Å². The molecule has 0 heterocycles. The minimum absolute atomic E-state index is 0.540. The molecular weight excluding hydrogens is 416 g/mol. The molecule has 2 aliphatic rings. The Morgan fingerprint density at radius 3 is 2.67 bits per heavy atom. The van der Waals surface area contributed by atoms with Gasteiger partial charge < -0.3 is 4.74 Å². The van der Waals surface area contributed by atoms with Crippen LogP contribution in [0.2, 0.25) is 18.6 Å². The summed E-state index contributed by atoms with van der Waals surface area (Å²) in [4.78, 5) is 0. The Bertz CT molecular complexity index is 1030. The topological polar surface area (TPSA) is 9.23 Å². The lowest BCUT2D eigenvalue weighted by molar-refractivity contribution is 0.367. The number of aryl methyl sites for hydroxylation is 1. The number of fused-ring (bicyclic) bond motifs is 1. The summed E-state index contributed by atoms with van der Waals surface area (Å²) in [5, 5.41) is 1.48. The maximum atomic E-state index is 6.51. The van der Waals surface area contributed by atoms with Crippen molar-refractivity contribution in [2.45, 2.75) is 64.6 Å². The van der Waals surface area contributed by atoms with Crippen LogP contribution in [0, 0.1) is 18.8 Å². The number of rotatable bonds is 9. The second kappa shape index (κ2) is 10.3. The first-order valence-electron chi connectivity index (χ1n) is 12.8. The number of allylic oxidation sites excluding steroid dienone is 4. The second-order valence-corrected chi connectivity index (χ2v) is 15.1. The lowest BCUT2D eigenvalue weighted by Crippen LogP contribution is -2.49. The molecule has 1 fully saturated rings. The number of hydrogen-bond donors (Lipinski definition) is 0. The van der Waals surface area contributed by atoms with Crippen molar-refractivity contribution in [1.29, 1.82) is 0 Å². The Balaban J connectivity index is 1.86. The van der Waals surface area contributed by atoms with Gasteiger partial charge in [-0.2, -0.15) is 0 Å². The van der Waals surface area contributed by atoms with Gasteiger partial charge in [0.05, 0.1) is 8.07 Å². The van der Waals surface area contributed by atoms with E-state index in [1.165, 1.54) is 54.0 Å². The molecular formula is C31H40OSi. The minimum Gasteiger partial charge on any atom is -0.489 e. The number of ether oxygens (including phenoxy) is 1. The van der Waals surface area contributed by atoms with Crippen LogP contribution in [-0.2, 0) is 0 Å². The summed E-state index contributed by atoms with van der Waals surface area (Å²) in [5.74, 6) is 2.62. The van der Waals surface area contributed by atoms with E-state index in [9.17, 15) is 0 Å². The van der Waals surface area contributed by atoms with Crippen LogP contribution in [0.25, 0.3) is 11.1 Å². The molecule has 0 aliphatic heterocycles. The van der Waals surface area contributed by atoms with E-state index in [1.807, 2.05) is 6.08 Å². The Labute approximate surface area is 202 Å². The third kappa shape index (κ3) is 4.82. The summed E-state index contributed by atoms with van der Waals surface area (Å²) in [6.45, 7) is 14.2. The highest BCUT2D eigenvalue weighted by molar-refractivity contribution is 6.92. The average molecular weight is 457 g/mol. The van der Waals surface area contributed by atoms with E-state index in [0.717, 1.165) is 17.6 Å². The molecule has 3 atom stereocenters. The first-order chi connectivity index (χ1) is 16.0. The molecule has 0 aromatic heterocycles. The number of benzene rings is 2. The van der Waals surface area contributed by atoms with E-state index >= 15 is 0 Å². The van der Waals surface area contributed by atoms with Gasteiger partial charge in [0.2, 0.25) is 0 Å². The van der Waals surface area contributed by atoms with Crippen LogP contribution < -0.4 is 9.92 Å². The number of unbranched alkanes of at least 4 members (excludes halogenated alkanes) is 1. The van der Waals surface area contributed by atoms with Gasteiger partial charge in [-0.1, -0.05) is 118 Å². The maximum Gasteiger partial charge on any atom is 0.126 e. The van der Waals surface area contributed by atoms with Crippen molar-refractivity contribution < 1.29 is 4.74 Å². The molecule has 2 aromatic rings. The summed E-state index contributed by atoms with van der Waals surface area (Å²) in [6, 6.07) is 15.5. The molecule has 2 aromatic carbocycles. The van der Waals surface area contributed by atoms with Crippen molar-refractivity contribution in [3.8, 4) is 16.9 Å². The predicted molar refractivity (Wildman–Crippen MR) is 146 cm³/mol. The average Bonchev–Trinajstić information content (AvgIpc) is 3.21. The fourth-order valence-electron chi connectivity index (χ4n) is 6.36. The highest BCUT2D eigenvalue weighted by Crippen LogP contribution is 2.55. The van der Waals surface area contributed by atoms with Crippen LogP contribution in [0.5, 0.6) is 5.75 Å². The molecule has 33 heavy (non-hydrogen) atoms. The molecule has 0 saturated heterocycles. The van der Waals surface area contributed by atoms with Crippen LogP contribution >= 0.6 is 0 Å². The highest BCUT2D eigenvalue weighted by Gasteiger charge is 2.49. The first-order valence-corrected chi connectivity index (χ1v) is 15.9. The van der Waals surface area contributed by atoms with Gasteiger partial charge >= 0.3 is 0 Å². The fraction of sp³-hybridized carbons (Fsp3) is 0.419. The van der Waals surface area contributed by atoms with Gasteiger partial charge in [0, 0.05) is 5.56 Å². The van der Waals surface area contributed by atoms with Gasteiger partial charge in [-0.05, 0) is 54.0 Å². The normalized spacial score (nSPS) is 22.1. The second-order valence-electron chi connectivity index (χ2n) is 10.5. The third-order valence-electron chi connectivity index (χ3n) is 7.80. The minimum atomic E-state index is -1.92. The van der Waals surface area contributed by atoms with Gasteiger partial charge in [0.15, 0.2) is 0 Å². The number of hydrogen-bond acceptors (Lipinski definition) is 1. The lowest BCUT2D eigenvalue weighted by atomic mass is 9.94. The quantitative estimate of drug-likeness (QED) is 0.273. The van der Waals surface area contributed by atoms with Crippen LogP contribution in [0.15, 0.2) is 78.9 Å². The van der Waals surface area contributed by atoms with Gasteiger partial charge in [0.1, 0.15) is 12.4 Å². The standard InChI is InChI=1S/C31H40OSi/c1-6-8-14-26-22-25-17-12-13-18-27(25)31(26)33(4,5)29-21-23(3)20-28(30(29)32-19-7-2)24-15-10-9-11-16-24/h7,9-13,15-16,18,20-21,25-26,31H,2,6,8,14,17,19,22H2,1,3-5H3. The van der Waals surface area contributed by atoms with E-state index in [1.54, 1.807) is 5.57 Å². The van der Waals surface area contributed by atoms with Crippen LogP contribution in [-0.4, -0.2) is 14.7 Å². The molecule has 0 spiro atoms. The Morgan fingerprint density at radius 2 is 1.94 bits per heavy atom. The summed E-state index contributed by atoms with van der Waals surface area (Å²) in [7, 11) is -1.92. The molecule has 3 unspecified atom stereocenters. The van der Waals surface area contributed by atoms with Gasteiger partial charge in [-0.15, -0.1) is 0 Å². The molecule has 4 rings (SSSR count). The molecule has 1 nitrogen and oxygen atoms in total. The van der Waals surface area contributed by atoms with Gasteiger partial charge in [0.25, 0.3) is 0 Å². The highest BCUT2D eigenvalue weighted by atomic mass is 28.3. The van der Waals surface area contributed by atoms with Crippen molar-refractivity contribution in [3.05, 3.63) is 84.5 Å². The Morgan fingerprint density at radius 1 is 1.15 bits per heavy atom. The monoisotopic (exact) mass is 456 g/mol.